The topological polar surface area (TPSA) is 80.7 Å². The van der Waals surface area contributed by atoms with Gasteiger partial charge >= 0.3 is 0 Å². The predicted molar refractivity (Wildman–Crippen MR) is 141 cm³/mol. The van der Waals surface area contributed by atoms with Crippen LogP contribution < -0.4 is 15.5 Å². The van der Waals surface area contributed by atoms with Crippen molar-refractivity contribution in [2.75, 3.05) is 37.7 Å². The molecule has 2 aromatic heterocycles. The summed E-state index contributed by atoms with van der Waals surface area (Å²) in [5, 5.41) is 6.97. The summed E-state index contributed by atoms with van der Waals surface area (Å²) in [4.78, 5) is 18.7. The van der Waals surface area contributed by atoms with E-state index in [0.717, 1.165) is 17.9 Å². The van der Waals surface area contributed by atoms with Crippen LogP contribution in [-0.4, -0.2) is 48.0 Å². The maximum Gasteiger partial charge on any atom is 0.250 e. The summed E-state index contributed by atoms with van der Waals surface area (Å²) in [6.45, 7) is 5.68. The van der Waals surface area contributed by atoms with Crippen LogP contribution in [0.25, 0.3) is 0 Å². The Morgan fingerprint density at radius 3 is 2.57 bits per heavy atom. The molecule has 35 heavy (non-hydrogen) atoms. The Labute approximate surface area is 211 Å². The van der Waals surface area contributed by atoms with Crippen LogP contribution >= 0.6 is 12.2 Å². The number of hydrogen-bond acceptors (Lipinski definition) is 5. The molecule has 1 saturated heterocycles. The van der Waals surface area contributed by atoms with Crippen LogP contribution in [0.1, 0.15) is 34.7 Å². The Bertz CT molecular complexity index is 1180. The van der Waals surface area contributed by atoms with Crippen molar-refractivity contribution in [3.05, 3.63) is 77.4 Å². The zero-order valence-corrected chi connectivity index (χ0v) is 21.3. The van der Waals surface area contributed by atoms with Crippen LogP contribution in [0.15, 0.2) is 54.7 Å². The zero-order chi connectivity index (χ0) is 24.9. The normalized spacial score (nSPS) is 17.5. The van der Waals surface area contributed by atoms with E-state index in [-0.39, 0.29) is 24.6 Å². The predicted octanol–water partition coefficient (Wildman–Crippen LogP) is 3.91. The van der Waals surface area contributed by atoms with Gasteiger partial charge in [0.05, 0.1) is 24.4 Å². The first-order chi connectivity index (χ1) is 16.9. The molecule has 2 atom stereocenters. The molecule has 4 rings (SSSR count). The molecular formula is C26H31N5O3S. The number of benzene rings is 1. The van der Waals surface area contributed by atoms with Gasteiger partial charge in [-0.05, 0) is 74.1 Å². The minimum Gasteiger partial charge on any atom is -0.383 e. The van der Waals surface area contributed by atoms with Gasteiger partial charge in [0.1, 0.15) is 6.61 Å². The van der Waals surface area contributed by atoms with Crippen molar-refractivity contribution >= 4 is 34.6 Å². The number of nitrogens with zero attached hydrogens (tertiary/aromatic N) is 3. The number of ether oxygens (including phenoxy) is 2. The maximum atomic E-state index is 11.9. The van der Waals surface area contributed by atoms with E-state index in [2.05, 4.69) is 45.0 Å². The van der Waals surface area contributed by atoms with Gasteiger partial charge in [-0.3, -0.25) is 9.78 Å². The Balaban J connectivity index is 1.73. The quantitative estimate of drug-likeness (QED) is 0.438. The average Bonchev–Trinajstić information content (AvgIpc) is 3.34. The highest BCUT2D eigenvalue weighted by atomic mass is 32.1. The zero-order valence-electron chi connectivity index (χ0n) is 20.4. The standard InChI is InChI=1S/C26H31N5O3S/c1-17-15-21(18(2)30(17)13-14-33-3)25-24(22-7-5-6-12-27-22)29-26(35)31(25)20-10-8-19(9-11-20)28-23(32)16-34-4/h5-12,15,24-25H,13-14,16H2,1-4H3,(H,28,32)(H,29,35)/t24-,25-/m1/s1. The third-order valence-corrected chi connectivity index (χ3v) is 6.57. The number of rotatable bonds is 9. The smallest absolute Gasteiger partial charge is 0.250 e. The lowest BCUT2D eigenvalue weighted by molar-refractivity contribution is -0.119. The van der Waals surface area contributed by atoms with E-state index >= 15 is 0 Å². The molecular weight excluding hydrogens is 462 g/mol. The van der Waals surface area contributed by atoms with Gasteiger partial charge in [0, 0.05) is 49.7 Å². The van der Waals surface area contributed by atoms with Gasteiger partial charge < -0.3 is 29.6 Å². The summed E-state index contributed by atoms with van der Waals surface area (Å²) < 4.78 is 12.5. The first-order valence-electron chi connectivity index (χ1n) is 11.5. The molecule has 1 aliphatic rings. The largest absolute Gasteiger partial charge is 0.383 e. The molecule has 1 aliphatic heterocycles. The van der Waals surface area contributed by atoms with Gasteiger partial charge in [-0.2, -0.15) is 0 Å². The number of methoxy groups -OCH3 is 2. The molecule has 0 unspecified atom stereocenters. The van der Waals surface area contributed by atoms with E-state index in [1.807, 2.05) is 42.5 Å². The Morgan fingerprint density at radius 2 is 1.91 bits per heavy atom. The van der Waals surface area contributed by atoms with Crippen LogP contribution in [0.2, 0.25) is 0 Å². The molecule has 3 heterocycles. The van der Waals surface area contributed by atoms with Crippen molar-refractivity contribution in [3.63, 3.8) is 0 Å². The van der Waals surface area contributed by atoms with E-state index in [1.54, 1.807) is 13.3 Å². The summed E-state index contributed by atoms with van der Waals surface area (Å²) in [6.07, 6.45) is 1.80. The summed E-state index contributed by atoms with van der Waals surface area (Å²) >= 11 is 5.84. The number of aromatic nitrogens is 2. The highest BCUT2D eigenvalue weighted by Crippen LogP contribution is 2.43. The van der Waals surface area contributed by atoms with Gasteiger partial charge in [-0.25, -0.2) is 0 Å². The monoisotopic (exact) mass is 493 g/mol. The first kappa shape index (κ1) is 24.8. The summed E-state index contributed by atoms with van der Waals surface area (Å²) in [5.41, 5.74) is 6.07. The number of anilines is 2. The van der Waals surface area contributed by atoms with E-state index < -0.39 is 0 Å². The summed E-state index contributed by atoms with van der Waals surface area (Å²) in [7, 11) is 3.21. The second kappa shape index (κ2) is 11.0. The molecule has 8 nitrogen and oxygen atoms in total. The lowest BCUT2D eigenvalue weighted by Crippen LogP contribution is -2.29. The Kier molecular flexibility index (Phi) is 7.80. The average molecular weight is 494 g/mol. The molecule has 1 fully saturated rings. The van der Waals surface area contributed by atoms with Crippen LogP contribution in [0.5, 0.6) is 0 Å². The van der Waals surface area contributed by atoms with Gasteiger partial charge in [0.2, 0.25) is 5.91 Å². The lowest BCUT2D eigenvalue weighted by Gasteiger charge is -2.28. The molecule has 1 aromatic carbocycles. The Morgan fingerprint density at radius 1 is 1.14 bits per heavy atom. The number of hydrogen-bond donors (Lipinski definition) is 2. The highest BCUT2D eigenvalue weighted by Gasteiger charge is 2.42. The van der Waals surface area contributed by atoms with Gasteiger partial charge in [-0.1, -0.05) is 6.07 Å². The van der Waals surface area contributed by atoms with Gasteiger partial charge in [0.25, 0.3) is 0 Å². The van der Waals surface area contributed by atoms with Crippen LogP contribution in [-0.2, 0) is 20.8 Å². The fraction of sp³-hybridized carbons (Fsp3) is 0.346. The molecule has 2 N–H and O–H groups in total. The number of carbonyl (C=O) groups excluding carboxylic acids is 1. The number of carbonyl (C=O) groups is 1. The highest BCUT2D eigenvalue weighted by molar-refractivity contribution is 7.80. The summed E-state index contributed by atoms with van der Waals surface area (Å²) in [6, 6.07) is 15.6. The fourth-order valence-corrected chi connectivity index (χ4v) is 4.98. The van der Waals surface area contributed by atoms with Crippen LogP contribution in [0.3, 0.4) is 0 Å². The molecule has 184 valence electrons. The second-order valence-corrected chi connectivity index (χ2v) is 8.88. The van der Waals surface area contributed by atoms with E-state index in [4.69, 9.17) is 21.7 Å². The lowest BCUT2D eigenvalue weighted by atomic mass is 9.96. The molecule has 0 radical (unpaired) electrons. The van der Waals surface area contributed by atoms with Crippen LogP contribution in [0.4, 0.5) is 11.4 Å². The SMILES string of the molecule is COCCn1c(C)cc([C@@H]2[C@@H](c3ccccn3)NC(=S)N2c2ccc(NC(=O)COC)cc2)c1C. The fourth-order valence-electron chi connectivity index (χ4n) is 4.64. The number of amides is 1. The van der Waals surface area contributed by atoms with E-state index in [0.29, 0.717) is 17.4 Å². The maximum absolute atomic E-state index is 11.9. The number of pyridine rings is 1. The molecule has 0 bridgehead atoms. The second-order valence-electron chi connectivity index (χ2n) is 8.50. The van der Waals surface area contributed by atoms with Crippen molar-refractivity contribution in [3.8, 4) is 0 Å². The van der Waals surface area contributed by atoms with Crippen molar-refractivity contribution in [2.24, 2.45) is 0 Å². The third-order valence-electron chi connectivity index (χ3n) is 6.25. The van der Waals surface area contributed by atoms with Crippen molar-refractivity contribution in [1.82, 2.24) is 14.9 Å². The van der Waals surface area contributed by atoms with Crippen molar-refractivity contribution in [1.29, 1.82) is 0 Å². The molecule has 0 saturated carbocycles. The van der Waals surface area contributed by atoms with Crippen molar-refractivity contribution < 1.29 is 14.3 Å². The third kappa shape index (κ3) is 5.22. The Hall–Kier alpha value is -3.27. The minimum absolute atomic E-state index is 0.00833. The number of aryl methyl sites for hydroxylation is 1. The summed E-state index contributed by atoms with van der Waals surface area (Å²) in [5.74, 6) is -0.199. The molecule has 0 aliphatic carbocycles. The molecule has 3 aromatic rings. The minimum atomic E-state index is -0.199. The van der Waals surface area contributed by atoms with E-state index in [9.17, 15) is 4.79 Å². The molecule has 1 amide bonds. The molecule has 0 spiro atoms. The van der Waals surface area contributed by atoms with Gasteiger partial charge in [-0.15, -0.1) is 0 Å². The first-order valence-corrected chi connectivity index (χ1v) is 11.9. The van der Waals surface area contributed by atoms with E-state index in [1.165, 1.54) is 24.1 Å². The number of nitrogens with one attached hydrogen (secondary N) is 2. The molecule has 9 heteroatoms. The number of thiocarbonyl (C=S) groups is 1. The van der Waals surface area contributed by atoms with Crippen LogP contribution in [0, 0.1) is 13.8 Å². The van der Waals surface area contributed by atoms with Gasteiger partial charge in [0.15, 0.2) is 5.11 Å². The van der Waals surface area contributed by atoms with Crippen molar-refractivity contribution in [2.45, 2.75) is 32.5 Å².